The fourth-order valence-corrected chi connectivity index (χ4v) is 3.20. The molecule has 0 radical (unpaired) electrons. The standard InChI is InChI=1S/C14H21N3O/c1-18-14-10-11(4-6-15-14)16-12-5-8-17-7-2-3-13(17)9-12/h4,6,10,12-13H,2-3,5,7-9H2,1H3,(H,15,16). The number of fused-ring (bicyclic) bond motifs is 1. The number of pyridine rings is 1. The molecule has 2 fully saturated rings. The van der Waals surface area contributed by atoms with Crippen LogP contribution in [0.25, 0.3) is 0 Å². The molecular formula is C14H21N3O. The first-order valence-electron chi connectivity index (χ1n) is 6.86. The highest BCUT2D eigenvalue weighted by molar-refractivity contribution is 5.46. The lowest BCUT2D eigenvalue weighted by molar-refractivity contribution is 0.188. The van der Waals surface area contributed by atoms with Crippen molar-refractivity contribution in [1.29, 1.82) is 0 Å². The number of nitrogens with zero attached hydrogens (tertiary/aromatic N) is 2. The van der Waals surface area contributed by atoms with Crippen LogP contribution in [0.2, 0.25) is 0 Å². The van der Waals surface area contributed by atoms with Gasteiger partial charge >= 0.3 is 0 Å². The van der Waals surface area contributed by atoms with Crippen LogP contribution in [-0.2, 0) is 0 Å². The summed E-state index contributed by atoms with van der Waals surface area (Å²) in [6, 6.07) is 5.39. The first-order chi connectivity index (χ1) is 8.85. The van der Waals surface area contributed by atoms with E-state index in [2.05, 4.69) is 15.2 Å². The van der Waals surface area contributed by atoms with E-state index in [0.29, 0.717) is 11.9 Å². The summed E-state index contributed by atoms with van der Waals surface area (Å²) in [5.74, 6) is 0.679. The number of hydrogen-bond donors (Lipinski definition) is 1. The molecule has 1 N–H and O–H groups in total. The monoisotopic (exact) mass is 247 g/mol. The summed E-state index contributed by atoms with van der Waals surface area (Å²) in [6.07, 6.45) is 7.05. The number of rotatable bonds is 3. The quantitative estimate of drug-likeness (QED) is 0.888. The number of methoxy groups -OCH3 is 1. The summed E-state index contributed by atoms with van der Waals surface area (Å²) in [4.78, 5) is 6.78. The Balaban J connectivity index is 1.62. The van der Waals surface area contributed by atoms with E-state index in [9.17, 15) is 0 Å². The summed E-state index contributed by atoms with van der Waals surface area (Å²) in [7, 11) is 1.66. The first kappa shape index (κ1) is 11.8. The van der Waals surface area contributed by atoms with Crippen molar-refractivity contribution in [3.05, 3.63) is 18.3 Å². The van der Waals surface area contributed by atoms with Crippen molar-refractivity contribution < 1.29 is 4.74 Å². The maximum Gasteiger partial charge on any atom is 0.214 e. The summed E-state index contributed by atoms with van der Waals surface area (Å²) in [5, 5.41) is 3.62. The molecule has 2 saturated heterocycles. The van der Waals surface area contributed by atoms with Crippen LogP contribution in [0.3, 0.4) is 0 Å². The van der Waals surface area contributed by atoms with Crippen molar-refractivity contribution in [3.63, 3.8) is 0 Å². The number of hydrogen-bond acceptors (Lipinski definition) is 4. The van der Waals surface area contributed by atoms with E-state index in [4.69, 9.17) is 4.74 Å². The third-order valence-electron chi connectivity index (χ3n) is 4.14. The smallest absolute Gasteiger partial charge is 0.214 e. The van der Waals surface area contributed by atoms with E-state index in [1.807, 2.05) is 12.1 Å². The molecule has 4 heteroatoms. The Morgan fingerprint density at radius 3 is 3.22 bits per heavy atom. The van der Waals surface area contributed by atoms with Crippen LogP contribution in [0.15, 0.2) is 18.3 Å². The van der Waals surface area contributed by atoms with Crippen molar-refractivity contribution in [2.75, 3.05) is 25.5 Å². The van der Waals surface area contributed by atoms with Gasteiger partial charge in [0.1, 0.15) is 0 Å². The van der Waals surface area contributed by atoms with Crippen LogP contribution in [0.1, 0.15) is 25.7 Å². The second-order valence-electron chi connectivity index (χ2n) is 5.28. The highest BCUT2D eigenvalue weighted by Crippen LogP contribution is 2.28. The molecule has 0 bridgehead atoms. The predicted molar refractivity (Wildman–Crippen MR) is 72.0 cm³/mol. The molecule has 1 aromatic rings. The molecule has 2 atom stereocenters. The van der Waals surface area contributed by atoms with Gasteiger partial charge in [-0.15, -0.1) is 0 Å². The molecule has 98 valence electrons. The maximum absolute atomic E-state index is 5.15. The van der Waals surface area contributed by atoms with Crippen LogP contribution in [-0.4, -0.2) is 42.2 Å². The van der Waals surface area contributed by atoms with Gasteiger partial charge < -0.3 is 15.0 Å². The minimum Gasteiger partial charge on any atom is -0.481 e. The molecule has 2 aliphatic heterocycles. The molecule has 0 aromatic carbocycles. The lowest BCUT2D eigenvalue weighted by Crippen LogP contribution is -2.42. The van der Waals surface area contributed by atoms with Crippen LogP contribution in [0, 0.1) is 0 Å². The minimum atomic E-state index is 0.594. The molecule has 0 saturated carbocycles. The molecule has 18 heavy (non-hydrogen) atoms. The summed E-state index contributed by atoms with van der Waals surface area (Å²) in [5.41, 5.74) is 1.12. The number of nitrogens with one attached hydrogen (secondary N) is 1. The molecular weight excluding hydrogens is 226 g/mol. The highest BCUT2D eigenvalue weighted by atomic mass is 16.5. The van der Waals surface area contributed by atoms with E-state index in [1.165, 1.54) is 38.8 Å². The summed E-state index contributed by atoms with van der Waals surface area (Å²) >= 11 is 0. The van der Waals surface area contributed by atoms with E-state index < -0.39 is 0 Å². The summed E-state index contributed by atoms with van der Waals surface area (Å²) < 4.78 is 5.15. The SMILES string of the molecule is COc1cc(NC2CCN3CCCC3C2)ccn1. The number of anilines is 1. The van der Waals surface area contributed by atoms with E-state index in [-0.39, 0.29) is 0 Å². The lowest BCUT2D eigenvalue weighted by Gasteiger charge is -2.35. The van der Waals surface area contributed by atoms with Crippen molar-refractivity contribution in [2.45, 2.75) is 37.8 Å². The normalized spacial score (nSPS) is 27.8. The van der Waals surface area contributed by atoms with Crippen molar-refractivity contribution >= 4 is 5.69 Å². The zero-order valence-electron chi connectivity index (χ0n) is 10.9. The topological polar surface area (TPSA) is 37.4 Å². The van der Waals surface area contributed by atoms with Gasteiger partial charge in [0.25, 0.3) is 0 Å². The molecule has 0 amide bonds. The van der Waals surface area contributed by atoms with Gasteiger partial charge in [-0.05, 0) is 38.3 Å². The first-order valence-corrected chi connectivity index (χ1v) is 6.86. The Morgan fingerprint density at radius 1 is 1.39 bits per heavy atom. The second-order valence-corrected chi connectivity index (χ2v) is 5.28. The van der Waals surface area contributed by atoms with Crippen LogP contribution < -0.4 is 10.1 Å². The zero-order chi connectivity index (χ0) is 12.4. The second kappa shape index (κ2) is 5.14. The van der Waals surface area contributed by atoms with Gasteiger partial charge in [0.2, 0.25) is 5.88 Å². The Bertz CT molecular complexity index is 410. The molecule has 1 aromatic heterocycles. The van der Waals surface area contributed by atoms with Crippen molar-refractivity contribution in [3.8, 4) is 5.88 Å². The molecule has 2 unspecified atom stereocenters. The van der Waals surface area contributed by atoms with E-state index in [1.54, 1.807) is 13.3 Å². The number of piperidine rings is 1. The van der Waals surface area contributed by atoms with Gasteiger partial charge in [0, 0.05) is 36.6 Å². The van der Waals surface area contributed by atoms with Crippen LogP contribution in [0.4, 0.5) is 5.69 Å². The molecule has 2 aliphatic rings. The fourth-order valence-electron chi connectivity index (χ4n) is 3.20. The zero-order valence-corrected chi connectivity index (χ0v) is 10.9. The maximum atomic E-state index is 5.15. The number of ether oxygens (including phenoxy) is 1. The van der Waals surface area contributed by atoms with Gasteiger partial charge in [0.15, 0.2) is 0 Å². The largest absolute Gasteiger partial charge is 0.481 e. The van der Waals surface area contributed by atoms with Crippen molar-refractivity contribution in [1.82, 2.24) is 9.88 Å². The third-order valence-corrected chi connectivity index (χ3v) is 4.14. The Morgan fingerprint density at radius 2 is 2.33 bits per heavy atom. The van der Waals surface area contributed by atoms with Gasteiger partial charge in [-0.1, -0.05) is 0 Å². The van der Waals surface area contributed by atoms with Crippen LogP contribution >= 0.6 is 0 Å². The van der Waals surface area contributed by atoms with Gasteiger partial charge in [-0.3, -0.25) is 0 Å². The molecule has 3 heterocycles. The van der Waals surface area contributed by atoms with E-state index >= 15 is 0 Å². The van der Waals surface area contributed by atoms with Gasteiger partial charge in [-0.2, -0.15) is 0 Å². The fraction of sp³-hybridized carbons (Fsp3) is 0.643. The highest BCUT2D eigenvalue weighted by Gasteiger charge is 2.31. The Hall–Kier alpha value is -1.29. The van der Waals surface area contributed by atoms with Crippen LogP contribution in [0.5, 0.6) is 5.88 Å². The molecule has 4 nitrogen and oxygen atoms in total. The molecule has 0 aliphatic carbocycles. The van der Waals surface area contributed by atoms with Gasteiger partial charge in [-0.25, -0.2) is 4.98 Å². The average Bonchev–Trinajstić information content (AvgIpc) is 2.86. The lowest BCUT2D eigenvalue weighted by atomic mass is 9.97. The predicted octanol–water partition coefficient (Wildman–Crippen LogP) is 2.13. The van der Waals surface area contributed by atoms with Gasteiger partial charge in [0.05, 0.1) is 7.11 Å². The Labute approximate surface area is 108 Å². The number of aromatic nitrogens is 1. The van der Waals surface area contributed by atoms with Crippen molar-refractivity contribution in [2.24, 2.45) is 0 Å². The van der Waals surface area contributed by atoms with E-state index in [0.717, 1.165) is 11.7 Å². The summed E-state index contributed by atoms with van der Waals surface area (Å²) in [6.45, 7) is 2.55. The molecule has 0 spiro atoms. The molecule has 3 rings (SSSR count). The average molecular weight is 247 g/mol. The minimum absolute atomic E-state index is 0.594. The Kier molecular flexibility index (Phi) is 3.37. The third kappa shape index (κ3) is 2.43.